The van der Waals surface area contributed by atoms with Crippen LogP contribution in [0.15, 0.2) is 72.8 Å². The molecule has 33 heavy (non-hydrogen) atoms. The van der Waals surface area contributed by atoms with Gasteiger partial charge in [-0.3, -0.25) is 0 Å². The Labute approximate surface area is 188 Å². The van der Waals surface area contributed by atoms with Crippen molar-refractivity contribution in [1.29, 1.82) is 0 Å². The summed E-state index contributed by atoms with van der Waals surface area (Å²) in [6.45, 7) is 0. The SMILES string of the molecule is O=C(O)c1ccc(C2=c3ccc([nH]3)=Cc3ccc([nH]3)C=c3ccc([nH]3)=Cc3ccc2[nH]3)cc1. The molecular weight excluding hydrogens is 412 g/mol. The van der Waals surface area contributed by atoms with Crippen LogP contribution in [0, 0.1) is 0 Å². The maximum Gasteiger partial charge on any atom is 0.335 e. The number of rotatable bonds is 2. The number of H-pyrrole nitrogens is 4. The molecule has 0 aliphatic carbocycles. The van der Waals surface area contributed by atoms with Gasteiger partial charge < -0.3 is 25.0 Å². The molecule has 6 nitrogen and oxygen atoms in total. The maximum absolute atomic E-state index is 11.3. The Bertz CT molecular complexity index is 1740. The quantitative estimate of drug-likeness (QED) is 0.288. The zero-order chi connectivity index (χ0) is 22.4. The molecule has 5 heterocycles. The summed E-state index contributed by atoms with van der Waals surface area (Å²) in [6.07, 6.45) is 6.20. The molecule has 0 spiro atoms. The molecule has 160 valence electrons. The van der Waals surface area contributed by atoms with Crippen LogP contribution in [0.25, 0.3) is 23.8 Å². The Morgan fingerprint density at radius 1 is 0.576 bits per heavy atom. The minimum atomic E-state index is -0.939. The third-order valence-electron chi connectivity index (χ3n) is 5.77. The van der Waals surface area contributed by atoms with Gasteiger partial charge in [0.25, 0.3) is 0 Å². The minimum Gasteiger partial charge on any atom is -0.478 e. The highest BCUT2D eigenvalue weighted by molar-refractivity contribution is 5.88. The van der Waals surface area contributed by atoms with Crippen LogP contribution >= 0.6 is 0 Å². The van der Waals surface area contributed by atoms with Gasteiger partial charge in [-0.1, -0.05) is 12.1 Å². The van der Waals surface area contributed by atoms with Gasteiger partial charge in [-0.2, -0.15) is 0 Å². The number of carboxylic acids is 1. The number of nitrogens with one attached hydrogen (secondary N) is 4. The van der Waals surface area contributed by atoms with E-state index in [2.05, 4.69) is 50.3 Å². The molecule has 1 aromatic carbocycles. The largest absolute Gasteiger partial charge is 0.478 e. The van der Waals surface area contributed by atoms with Crippen molar-refractivity contribution in [2.75, 3.05) is 0 Å². The van der Waals surface area contributed by atoms with Crippen LogP contribution in [0.3, 0.4) is 0 Å². The summed E-state index contributed by atoms with van der Waals surface area (Å²) >= 11 is 0. The minimum absolute atomic E-state index is 0.260. The van der Waals surface area contributed by atoms with E-state index in [1.807, 2.05) is 48.5 Å². The fourth-order valence-corrected chi connectivity index (χ4v) is 4.22. The van der Waals surface area contributed by atoms with Crippen LogP contribution in [0.2, 0.25) is 0 Å². The number of aromatic carboxylic acids is 1. The molecule has 0 unspecified atom stereocenters. The third-order valence-corrected chi connectivity index (χ3v) is 5.77. The number of carboxylic acid groups (broad SMARTS) is 1. The zero-order valence-electron chi connectivity index (χ0n) is 17.5. The summed E-state index contributed by atoms with van der Waals surface area (Å²) in [6, 6.07) is 23.3. The summed E-state index contributed by atoms with van der Waals surface area (Å²) in [5, 5.41) is 13.2. The average Bonchev–Trinajstić information content (AvgIpc) is 3.60. The molecule has 1 aliphatic heterocycles. The second kappa shape index (κ2) is 7.46. The molecule has 0 fully saturated rings. The fraction of sp³-hybridized carbons (Fsp3) is 0. The van der Waals surface area contributed by atoms with Crippen molar-refractivity contribution < 1.29 is 9.90 Å². The molecule has 8 bridgehead atoms. The summed E-state index contributed by atoms with van der Waals surface area (Å²) in [7, 11) is 0. The van der Waals surface area contributed by atoms with Crippen LogP contribution in [-0.4, -0.2) is 31.0 Å². The predicted molar refractivity (Wildman–Crippen MR) is 127 cm³/mol. The lowest BCUT2D eigenvalue weighted by Gasteiger charge is -2.06. The van der Waals surface area contributed by atoms with Gasteiger partial charge in [-0.05, 0) is 84.5 Å². The molecule has 6 rings (SSSR count). The maximum atomic E-state index is 11.3. The number of carbonyl (C=O) groups is 1. The van der Waals surface area contributed by atoms with Crippen molar-refractivity contribution in [2.45, 2.75) is 0 Å². The zero-order valence-corrected chi connectivity index (χ0v) is 17.5. The molecule has 0 radical (unpaired) electrons. The topological polar surface area (TPSA) is 100 Å². The van der Waals surface area contributed by atoms with Gasteiger partial charge in [0.1, 0.15) is 0 Å². The highest BCUT2D eigenvalue weighted by Gasteiger charge is 2.11. The normalized spacial score (nSPS) is 12.5. The first kappa shape index (κ1) is 19.0. The van der Waals surface area contributed by atoms with Crippen molar-refractivity contribution in [3.8, 4) is 0 Å². The van der Waals surface area contributed by atoms with Crippen molar-refractivity contribution in [3.63, 3.8) is 0 Å². The summed E-state index contributed by atoms with van der Waals surface area (Å²) in [4.78, 5) is 25.2. The van der Waals surface area contributed by atoms with Gasteiger partial charge in [0.05, 0.1) is 5.56 Å². The Morgan fingerprint density at radius 3 is 1.82 bits per heavy atom. The van der Waals surface area contributed by atoms with Gasteiger partial charge in [0.15, 0.2) is 0 Å². The van der Waals surface area contributed by atoms with Crippen LogP contribution < -0.4 is 21.4 Å². The molecule has 5 aromatic rings. The van der Waals surface area contributed by atoms with E-state index >= 15 is 0 Å². The van der Waals surface area contributed by atoms with Crippen molar-refractivity contribution in [1.82, 2.24) is 19.9 Å². The lowest BCUT2D eigenvalue weighted by atomic mass is 10.0. The van der Waals surface area contributed by atoms with Gasteiger partial charge in [0, 0.05) is 49.7 Å². The average molecular weight is 432 g/mol. The molecule has 0 atom stereocenters. The first-order valence-electron chi connectivity index (χ1n) is 10.6. The Morgan fingerprint density at radius 2 is 1.15 bits per heavy atom. The summed E-state index contributed by atoms with van der Waals surface area (Å²) in [5.74, 6) is -0.939. The van der Waals surface area contributed by atoms with E-state index < -0.39 is 5.97 Å². The summed E-state index contributed by atoms with van der Waals surface area (Å²) in [5.41, 5.74) is 6.05. The fourth-order valence-electron chi connectivity index (χ4n) is 4.22. The van der Waals surface area contributed by atoms with Crippen LogP contribution in [-0.2, 0) is 0 Å². The standard InChI is InChI=1S/C27H20N4O2/c32-27(33)17-3-1-16(2-4-17)26-24-11-9-22(30-24)14-20-7-5-18(28-20)13-19-6-8-21(29-19)15-23-10-12-25(26)31-23/h1-15,28-31H,(H,32,33). The van der Waals surface area contributed by atoms with Crippen LogP contribution in [0.4, 0.5) is 0 Å². The van der Waals surface area contributed by atoms with E-state index in [0.29, 0.717) is 0 Å². The highest BCUT2D eigenvalue weighted by atomic mass is 16.4. The van der Waals surface area contributed by atoms with E-state index in [9.17, 15) is 9.90 Å². The molecule has 6 heteroatoms. The van der Waals surface area contributed by atoms with Gasteiger partial charge in [0.2, 0.25) is 0 Å². The number of fused-ring (bicyclic) bond motifs is 8. The third kappa shape index (κ3) is 3.64. The van der Waals surface area contributed by atoms with Gasteiger partial charge in [-0.15, -0.1) is 0 Å². The predicted octanol–water partition coefficient (Wildman–Crippen LogP) is 1.74. The van der Waals surface area contributed by atoms with E-state index in [1.165, 1.54) is 0 Å². The van der Waals surface area contributed by atoms with Crippen molar-refractivity contribution in [2.24, 2.45) is 0 Å². The van der Waals surface area contributed by atoms with Gasteiger partial charge in [-0.25, -0.2) is 4.79 Å². The molecular formula is C27H20N4O2. The number of aromatic nitrogens is 4. The number of benzene rings is 1. The molecule has 0 saturated carbocycles. The monoisotopic (exact) mass is 432 g/mol. The summed E-state index contributed by atoms with van der Waals surface area (Å²) < 4.78 is 0. The second-order valence-corrected chi connectivity index (χ2v) is 8.08. The molecule has 0 saturated heterocycles. The first-order valence-corrected chi connectivity index (χ1v) is 10.6. The van der Waals surface area contributed by atoms with Crippen molar-refractivity contribution in [3.05, 3.63) is 128 Å². The van der Waals surface area contributed by atoms with Crippen LogP contribution in [0.5, 0.6) is 0 Å². The second-order valence-electron chi connectivity index (χ2n) is 8.08. The Hall–Kier alpha value is -4.71. The Balaban J connectivity index is 1.63. The van der Waals surface area contributed by atoms with E-state index in [1.54, 1.807) is 12.1 Å². The van der Waals surface area contributed by atoms with E-state index in [-0.39, 0.29) is 5.56 Å². The number of hydrogen-bond acceptors (Lipinski definition) is 1. The Kier molecular flexibility index (Phi) is 4.30. The first-order chi connectivity index (χ1) is 16.1. The highest BCUT2D eigenvalue weighted by Crippen LogP contribution is 2.21. The molecule has 5 N–H and O–H groups in total. The smallest absolute Gasteiger partial charge is 0.335 e. The number of hydrogen-bond donors (Lipinski definition) is 5. The van der Waals surface area contributed by atoms with Gasteiger partial charge >= 0.3 is 5.97 Å². The molecule has 1 aliphatic rings. The van der Waals surface area contributed by atoms with E-state index in [4.69, 9.17) is 0 Å². The van der Waals surface area contributed by atoms with E-state index in [0.717, 1.165) is 55.3 Å². The van der Waals surface area contributed by atoms with Crippen LogP contribution in [0.1, 0.15) is 38.7 Å². The lowest BCUT2D eigenvalue weighted by molar-refractivity contribution is 0.0697. The molecule has 4 aromatic heterocycles. The number of aromatic amines is 4. The van der Waals surface area contributed by atoms with Crippen molar-refractivity contribution >= 4 is 29.8 Å². The lowest BCUT2D eigenvalue weighted by Crippen LogP contribution is -2.15. The molecule has 0 amide bonds.